The number of hydrogen-bond acceptors (Lipinski definition) is 4. The summed E-state index contributed by atoms with van der Waals surface area (Å²) in [5.74, 6) is 1.75. The molecule has 4 nitrogen and oxygen atoms in total. The first-order chi connectivity index (χ1) is 12.5. The first kappa shape index (κ1) is 20.0. The van der Waals surface area contributed by atoms with Crippen LogP contribution in [-0.2, 0) is 10.5 Å². The van der Waals surface area contributed by atoms with Gasteiger partial charge in [0.05, 0.1) is 18.4 Å². The van der Waals surface area contributed by atoms with Crippen LogP contribution in [-0.4, -0.2) is 24.1 Å². The zero-order valence-electron chi connectivity index (χ0n) is 15.5. The van der Waals surface area contributed by atoms with Crippen molar-refractivity contribution in [3.05, 3.63) is 65.2 Å². The first-order valence-electron chi connectivity index (χ1n) is 8.70. The molecule has 0 saturated heterocycles. The van der Waals surface area contributed by atoms with Crippen LogP contribution in [0.5, 0.6) is 5.75 Å². The fraction of sp³-hybridized carbons (Fsp3) is 0.333. The van der Waals surface area contributed by atoms with Gasteiger partial charge in [0.25, 0.3) is 0 Å². The van der Waals surface area contributed by atoms with Crippen LogP contribution in [0.4, 0.5) is 0 Å². The molecule has 26 heavy (non-hydrogen) atoms. The van der Waals surface area contributed by atoms with Crippen molar-refractivity contribution < 1.29 is 14.3 Å². The number of carbonyl (C=O) groups is 2. The van der Waals surface area contributed by atoms with Crippen molar-refractivity contribution >= 4 is 23.5 Å². The fourth-order valence-corrected chi connectivity index (χ4v) is 3.39. The van der Waals surface area contributed by atoms with E-state index in [1.807, 2.05) is 56.3 Å². The summed E-state index contributed by atoms with van der Waals surface area (Å²) in [6.45, 7) is 6.01. The topological polar surface area (TPSA) is 55.4 Å². The summed E-state index contributed by atoms with van der Waals surface area (Å²) >= 11 is 1.51. The molecule has 0 unspecified atom stereocenters. The van der Waals surface area contributed by atoms with Crippen molar-refractivity contribution in [3.8, 4) is 5.75 Å². The molecule has 0 spiro atoms. The van der Waals surface area contributed by atoms with E-state index in [9.17, 15) is 9.59 Å². The van der Waals surface area contributed by atoms with E-state index in [-0.39, 0.29) is 17.7 Å². The zero-order chi connectivity index (χ0) is 18.9. The number of ketones is 1. The molecule has 0 aromatic heterocycles. The number of rotatable bonds is 9. The van der Waals surface area contributed by atoms with Crippen molar-refractivity contribution in [2.75, 3.05) is 12.4 Å². The van der Waals surface area contributed by atoms with Crippen molar-refractivity contribution in [1.29, 1.82) is 0 Å². The van der Waals surface area contributed by atoms with Gasteiger partial charge in [-0.15, -0.1) is 11.8 Å². The smallest absolute Gasteiger partial charge is 0.230 e. The van der Waals surface area contributed by atoms with Gasteiger partial charge in [-0.3, -0.25) is 9.59 Å². The van der Waals surface area contributed by atoms with E-state index in [0.29, 0.717) is 23.7 Å². The van der Waals surface area contributed by atoms with Gasteiger partial charge in [-0.1, -0.05) is 30.3 Å². The Hall–Kier alpha value is -2.27. The largest absolute Gasteiger partial charge is 0.494 e. The lowest BCUT2D eigenvalue weighted by Gasteiger charge is -2.15. The predicted octanol–water partition coefficient (Wildman–Crippen LogP) is 4.40. The molecule has 2 aromatic carbocycles. The molecule has 2 aromatic rings. The summed E-state index contributed by atoms with van der Waals surface area (Å²) in [7, 11) is 0. The number of Topliss-reactive ketones (excluding diaryl/α,β-unsaturated/α-hetero) is 1. The Morgan fingerprint density at radius 1 is 1.15 bits per heavy atom. The second-order valence-corrected chi connectivity index (χ2v) is 6.99. The van der Waals surface area contributed by atoms with Gasteiger partial charge >= 0.3 is 0 Å². The van der Waals surface area contributed by atoms with Gasteiger partial charge < -0.3 is 10.1 Å². The monoisotopic (exact) mass is 371 g/mol. The second kappa shape index (κ2) is 10.0. The molecule has 0 fully saturated rings. The molecule has 0 aliphatic carbocycles. The lowest BCUT2D eigenvalue weighted by molar-refractivity contribution is -0.119. The highest BCUT2D eigenvalue weighted by molar-refractivity contribution is 7.99. The van der Waals surface area contributed by atoms with Crippen molar-refractivity contribution in [2.45, 2.75) is 32.6 Å². The Bertz CT molecular complexity index is 746. The highest BCUT2D eigenvalue weighted by Crippen LogP contribution is 2.25. The first-order valence-corrected chi connectivity index (χ1v) is 9.85. The number of ether oxygens (including phenoxy) is 1. The van der Waals surface area contributed by atoms with Gasteiger partial charge in [0.15, 0.2) is 5.78 Å². The zero-order valence-corrected chi connectivity index (χ0v) is 16.3. The van der Waals surface area contributed by atoms with Crippen LogP contribution < -0.4 is 10.1 Å². The number of thioether (sulfide) groups is 1. The van der Waals surface area contributed by atoms with E-state index in [2.05, 4.69) is 5.32 Å². The van der Waals surface area contributed by atoms with Crippen LogP contribution in [0.2, 0.25) is 0 Å². The van der Waals surface area contributed by atoms with Crippen LogP contribution in [0.1, 0.15) is 48.3 Å². The molecule has 0 saturated carbocycles. The third-order valence-electron chi connectivity index (χ3n) is 3.93. The van der Waals surface area contributed by atoms with Crippen LogP contribution in [0, 0.1) is 0 Å². The molecule has 1 atom stereocenters. The minimum atomic E-state index is -0.0238. The van der Waals surface area contributed by atoms with Crippen LogP contribution in [0.3, 0.4) is 0 Å². The Kier molecular flexibility index (Phi) is 7.73. The number of nitrogens with one attached hydrogen (secondary N) is 1. The summed E-state index contributed by atoms with van der Waals surface area (Å²) in [5.41, 5.74) is 2.68. The van der Waals surface area contributed by atoms with Gasteiger partial charge in [-0.25, -0.2) is 0 Å². The standard InChI is InChI=1S/C21H25NO3S/c1-4-25-20-11-10-18(16(3)23)12-19(20)13-26-14-21(24)22-15(2)17-8-6-5-7-9-17/h5-12,15H,4,13-14H2,1-3H3,(H,22,24)/t15-/m1/s1. The molecule has 0 aliphatic heterocycles. The Morgan fingerprint density at radius 2 is 1.88 bits per heavy atom. The van der Waals surface area contributed by atoms with E-state index < -0.39 is 0 Å². The summed E-state index contributed by atoms with van der Waals surface area (Å²) in [4.78, 5) is 23.8. The van der Waals surface area contributed by atoms with Crippen molar-refractivity contribution in [1.82, 2.24) is 5.32 Å². The number of carbonyl (C=O) groups excluding carboxylic acids is 2. The summed E-state index contributed by atoms with van der Waals surface area (Å²) in [6.07, 6.45) is 0. The van der Waals surface area contributed by atoms with Crippen LogP contribution >= 0.6 is 11.8 Å². The van der Waals surface area contributed by atoms with Gasteiger partial charge in [0, 0.05) is 16.9 Å². The summed E-state index contributed by atoms with van der Waals surface area (Å²) < 4.78 is 5.63. The molecule has 138 valence electrons. The van der Waals surface area contributed by atoms with Gasteiger partial charge in [0.1, 0.15) is 5.75 Å². The maximum atomic E-state index is 12.2. The molecular formula is C21H25NO3S. The molecule has 1 amide bonds. The Morgan fingerprint density at radius 3 is 2.54 bits per heavy atom. The van der Waals surface area contributed by atoms with E-state index in [1.165, 1.54) is 11.8 Å². The normalized spacial score (nSPS) is 11.7. The third kappa shape index (κ3) is 5.92. The quantitative estimate of drug-likeness (QED) is 0.664. The van der Waals surface area contributed by atoms with Crippen molar-refractivity contribution in [3.63, 3.8) is 0 Å². The molecule has 1 N–H and O–H groups in total. The maximum absolute atomic E-state index is 12.2. The van der Waals surface area contributed by atoms with E-state index in [4.69, 9.17) is 4.74 Å². The Balaban J connectivity index is 1.91. The van der Waals surface area contributed by atoms with Gasteiger partial charge in [-0.2, -0.15) is 0 Å². The van der Waals surface area contributed by atoms with Crippen LogP contribution in [0.25, 0.3) is 0 Å². The molecule has 0 aliphatic rings. The second-order valence-electron chi connectivity index (χ2n) is 6.00. The molecule has 0 bridgehead atoms. The summed E-state index contributed by atoms with van der Waals surface area (Å²) in [5, 5.41) is 3.01. The average molecular weight is 372 g/mol. The van der Waals surface area contributed by atoms with E-state index in [1.54, 1.807) is 13.0 Å². The number of benzene rings is 2. The average Bonchev–Trinajstić information content (AvgIpc) is 2.63. The number of hydrogen-bond donors (Lipinski definition) is 1. The minimum Gasteiger partial charge on any atom is -0.494 e. The number of amides is 1. The highest BCUT2D eigenvalue weighted by atomic mass is 32.2. The van der Waals surface area contributed by atoms with E-state index in [0.717, 1.165) is 16.9 Å². The minimum absolute atomic E-state index is 0.00737. The highest BCUT2D eigenvalue weighted by Gasteiger charge is 2.11. The molecule has 0 heterocycles. The maximum Gasteiger partial charge on any atom is 0.230 e. The molecule has 5 heteroatoms. The SMILES string of the molecule is CCOc1ccc(C(C)=O)cc1CSCC(=O)N[C@H](C)c1ccccc1. The van der Waals surface area contributed by atoms with Gasteiger partial charge in [-0.05, 0) is 44.5 Å². The molecule has 2 rings (SSSR count). The van der Waals surface area contributed by atoms with Crippen LogP contribution in [0.15, 0.2) is 48.5 Å². The Labute approximate surface area is 159 Å². The fourth-order valence-electron chi connectivity index (χ4n) is 2.57. The van der Waals surface area contributed by atoms with Gasteiger partial charge in [0.2, 0.25) is 5.91 Å². The third-order valence-corrected chi connectivity index (χ3v) is 4.92. The summed E-state index contributed by atoms with van der Waals surface area (Å²) in [6, 6.07) is 15.3. The lowest BCUT2D eigenvalue weighted by atomic mass is 10.1. The lowest BCUT2D eigenvalue weighted by Crippen LogP contribution is -2.28. The molecule has 0 radical (unpaired) electrons. The molecular weight excluding hydrogens is 346 g/mol. The predicted molar refractivity (Wildman–Crippen MR) is 107 cm³/mol. The van der Waals surface area contributed by atoms with Crippen molar-refractivity contribution in [2.24, 2.45) is 0 Å². The van der Waals surface area contributed by atoms with E-state index >= 15 is 0 Å².